The van der Waals surface area contributed by atoms with Crippen molar-refractivity contribution in [1.29, 1.82) is 10.5 Å². The highest BCUT2D eigenvalue weighted by atomic mass is 14.8. The summed E-state index contributed by atoms with van der Waals surface area (Å²) in [5.74, 6) is 0. The molecule has 48 heavy (non-hydrogen) atoms. The van der Waals surface area contributed by atoms with E-state index in [0.29, 0.717) is 33.5 Å². The van der Waals surface area contributed by atoms with Crippen molar-refractivity contribution in [3.05, 3.63) is 157 Å². The van der Waals surface area contributed by atoms with E-state index >= 15 is 0 Å². The third-order valence-electron chi connectivity index (χ3n) is 8.36. The molecule has 0 saturated carbocycles. The average Bonchev–Trinajstić information content (AvgIpc) is 3.17. The second-order valence-corrected chi connectivity index (χ2v) is 11.3. The summed E-state index contributed by atoms with van der Waals surface area (Å²) in [7, 11) is 0. The van der Waals surface area contributed by atoms with Crippen LogP contribution in [0.3, 0.4) is 0 Å². The van der Waals surface area contributed by atoms with E-state index in [1.165, 1.54) is 0 Å². The Hall–Kier alpha value is -7.02. The molecule has 0 bridgehead atoms. The van der Waals surface area contributed by atoms with Crippen LogP contribution in [0.25, 0.3) is 78.2 Å². The van der Waals surface area contributed by atoms with Gasteiger partial charge in [0.25, 0.3) is 0 Å². The second kappa shape index (κ2) is 12.1. The van der Waals surface area contributed by atoms with Crippen LogP contribution in [0, 0.1) is 22.7 Å². The molecule has 0 aliphatic heterocycles. The molecule has 8 aromatic rings. The molecule has 0 aliphatic rings. The number of fused-ring (bicyclic) bond motifs is 2. The molecule has 0 unspecified atom stereocenters. The zero-order chi connectivity index (χ0) is 32.5. The SMILES string of the molecule is N#Cc1ccccc1-c1nc2cc(-c3ccc4nc(-c5ccccc5)c(-c5ccccc5C#N)nc4c3)ccc2nc1-c1ccccc1. The summed E-state index contributed by atoms with van der Waals surface area (Å²) in [6.07, 6.45) is 0. The highest BCUT2D eigenvalue weighted by Gasteiger charge is 2.18. The molecule has 0 aliphatic carbocycles. The highest BCUT2D eigenvalue weighted by molar-refractivity contribution is 5.93. The minimum Gasteiger partial charge on any atom is -0.244 e. The van der Waals surface area contributed by atoms with Gasteiger partial charge in [0, 0.05) is 22.3 Å². The minimum absolute atomic E-state index is 0.538. The monoisotopic (exact) mass is 612 g/mol. The summed E-state index contributed by atoms with van der Waals surface area (Å²) >= 11 is 0. The van der Waals surface area contributed by atoms with Gasteiger partial charge in [-0.15, -0.1) is 0 Å². The molecular formula is C42H24N6. The number of hydrogen-bond donors (Lipinski definition) is 0. The maximum atomic E-state index is 9.91. The van der Waals surface area contributed by atoms with Crippen LogP contribution in [0.2, 0.25) is 0 Å². The molecule has 2 heterocycles. The van der Waals surface area contributed by atoms with E-state index in [-0.39, 0.29) is 0 Å². The molecule has 0 atom stereocenters. The molecule has 0 spiro atoms. The Kier molecular flexibility index (Phi) is 7.15. The predicted octanol–water partition coefficient (Wildman–Crippen LogP) is 9.65. The Morgan fingerprint density at radius 2 is 0.708 bits per heavy atom. The van der Waals surface area contributed by atoms with E-state index in [0.717, 1.165) is 55.8 Å². The Balaban J connectivity index is 1.30. The van der Waals surface area contributed by atoms with E-state index in [1.54, 1.807) is 12.1 Å². The number of benzene rings is 6. The summed E-state index contributed by atoms with van der Waals surface area (Å²) in [5.41, 5.74) is 12.0. The van der Waals surface area contributed by atoms with Gasteiger partial charge in [-0.05, 0) is 47.5 Å². The first-order valence-corrected chi connectivity index (χ1v) is 15.4. The van der Waals surface area contributed by atoms with E-state index in [9.17, 15) is 10.5 Å². The van der Waals surface area contributed by atoms with Crippen LogP contribution >= 0.6 is 0 Å². The lowest BCUT2D eigenvalue weighted by Crippen LogP contribution is -1.98. The summed E-state index contributed by atoms with van der Waals surface area (Å²) < 4.78 is 0. The number of hydrogen-bond acceptors (Lipinski definition) is 6. The van der Waals surface area contributed by atoms with Crippen molar-refractivity contribution in [3.8, 4) is 68.3 Å². The van der Waals surface area contributed by atoms with E-state index in [4.69, 9.17) is 19.9 Å². The molecule has 0 amide bonds. The summed E-state index contributed by atoms with van der Waals surface area (Å²) in [5, 5.41) is 19.8. The van der Waals surface area contributed by atoms with E-state index in [2.05, 4.69) is 12.1 Å². The third-order valence-corrected chi connectivity index (χ3v) is 8.36. The zero-order valence-electron chi connectivity index (χ0n) is 25.5. The molecule has 2 aromatic heterocycles. The van der Waals surface area contributed by atoms with Crippen LogP contribution in [-0.4, -0.2) is 19.9 Å². The van der Waals surface area contributed by atoms with Gasteiger partial charge in [0.2, 0.25) is 0 Å². The van der Waals surface area contributed by atoms with E-state index in [1.807, 2.05) is 133 Å². The fourth-order valence-electron chi connectivity index (χ4n) is 6.01. The largest absolute Gasteiger partial charge is 0.244 e. The molecule has 0 N–H and O–H groups in total. The van der Waals surface area contributed by atoms with Gasteiger partial charge in [-0.25, -0.2) is 19.9 Å². The van der Waals surface area contributed by atoms with Crippen molar-refractivity contribution < 1.29 is 0 Å². The summed E-state index contributed by atoms with van der Waals surface area (Å²) in [6, 6.07) is 51.5. The molecule has 6 aromatic carbocycles. The minimum atomic E-state index is 0.538. The quantitative estimate of drug-likeness (QED) is 0.192. The Morgan fingerprint density at radius 1 is 0.333 bits per heavy atom. The maximum absolute atomic E-state index is 9.91. The fraction of sp³-hybridized carbons (Fsp3) is 0. The number of nitrogens with zero attached hydrogens (tertiary/aromatic N) is 6. The molecule has 8 rings (SSSR count). The van der Waals surface area contributed by atoms with Crippen LogP contribution < -0.4 is 0 Å². The number of rotatable bonds is 5. The lowest BCUT2D eigenvalue weighted by Gasteiger charge is -2.13. The van der Waals surface area contributed by atoms with Crippen LogP contribution in [0.1, 0.15) is 11.1 Å². The standard InChI is InChI=1S/C42H24N6/c43-25-31-15-7-9-17-33(31)41-39(27-11-3-1-4-12-27)45-35-21-19-29(23-37(35)47-41)30-20-22-36-38(24-30)48-42(34-18-10-8-16-32(34)26-44)40(46-36)28-13-5-2-6-14-28/h1-24H. The van der Waals surface area contributed by atoms with Gasteiger partial charge in [-0.1, -0.05) is 109 Å². The van der Waals surface area contributed by atoms with Crippen LogP contribution in [0.4, 0.5) is 0 Å². The van der Waals surface area contributed by atoms with Gasteiger partial charge in [-0.3, -0.25) is 0 Å². The Morgan fingerprint density at radius 3 is 1.12 bits per heavy atom. The first-order chi connectivity index (χ1) is 23.7. The Labute approximate surface area is 276 Å². The van der Waals surface area contributed by atoms with Crippen molar-refractivity contribution in [2.45, 2.75) is 0 Å². The second-order valence-electron chi connectivity index (χ2n) is 11.3. The molecular weight excluding hydrogens is 589 g/mol. The smallest absolute Gasteiger partial charge is 0.0998 e. The van der Waals surface area contributed by atoms with Gasteiger partial charge < -0.3 is 0 Å². The van der Waals surface area contributed by atoms with Crippen LogP contribution in [0.15, 0.2) is 146 Å². The van der Waals surface area contributed by atoms with Crippen molar-refractivity contribution in [3.63, 3.8) is 0 Å². The van der Waals surface area contributed by atoms with Gasteiger partial charge in [0.15, 0.2) is 0 Å². The first kappa shape index (κ1) is 28.5. The van der Waals surface area contributed by atoms with Gasteiger partial charge in [0.05, 0.1) is 68.1 Å². The maximum Gasteiger partial charge on any atom is 0.0998 e. The van der Waals surface area contributed by atoms with E-state index < -0.39 is 0 Å². The lowest BCUT2D eigenvalue weighted by molar-refractivity contribution is 1.28. The molecule has 222 valence electrons. The fourth-order valence-corrected chi connectivity index (χ4v) is 6.01. The summed E-state index contributed by atoms with van der Waals surface area (Å²) in [6.45, 7) is 0. The number of aromatic nitrogens is 4. The number of nitriles is 2. The van der Waals surface area contributed by atoms with Gasteiger partial charge in [0.1, 0.15) is 0 Å². The third kappa shape index (κ3) is 5.10. The average molecular weight is 613 g/mol. The predicted molar refractivity (Wildman–Crippen MR) is 189 cm³/mol. The molecule has 6 nitrogen and oxygen atoms in total. The van der Waals surface area contributed by atoms with Gasteiger partial charge in [-0.2, -0.15) is 10.5 Å². The van der Waals surface area contributed by atoms with Crippen molar-refractivity contribution in [1.82, 2.24) is 19.9 Å². The van der Waals surface area contributed by atoms with Gasteiger partial charge >= 0.3 is 0 Å². The topological polar surface area (TPSA) is 99.1 Å². The molecule has 0 radical (unpaired) electrons. The zero-order valence-corrected chi connectivity index (χ0v) is 25.5. The molecule has 0 saturated heterocycles. The summed E-state index contributed by atoms with van der Waals surface area (Å²) in [4.78, 5) is 20.4. The highest BCUT2D eigenvalue weighted by Crippen LogP contribution is 2.36. The first-order valence-electron chi connectivity index (χ1n) is 15.4. The molecule has 6 heteroatoms. The van der Waals surface area contributed by atoms with Crippen LogP contribution in [-0.2, 0) is 0 Å². The van der Waals surface area contributed by atoms with Crippen LogP contribution in [0.5, 0.6) is 0 Å². The lowest BCUT2D eigenvalue weighted by atomic mass is 9.98. The van der Waals surface area contributed by atoms with Crippen molar-refractivity contribution in [2.24, 2.45) is 0 Å². The molecule has 0 fully saturated rings. The van der Waals surface area contributed by atoms with Crippen molar-refractivity contribution >= 4 is 22.1 Å². The Bertz CT molecular complexity index is 2400. The normalized spacial score (nSPS) is 10.9. The van der Waals surface area contributed by atoms with Crippen molar-refractivity contribution in [2.75, 3.05) is 0 Å².